The maximum absolute atomic E-state index is 6.22. The number of alkyl halides is 6. The van der Waals surface area contributed by atoms with E-state index in [0.29, 0.717) is 12.8 Å². The predicted molar refractivity (Wildman–Crippen MR) is 109 cm³/mol. The highest BCUT2D eigenvalue weighted by Gasteiger charge is 2.58. The zero-order valence-corrected chi connectivity index (χ0v) is 18.5. The molecule has 2 aliphatic rings. The Morgan fingerprint density at radius 1 is 0.880 bits per heavy atom. The average molecular weight is 485 g/mol. The Bertz CT molecular complexity index is 555. The van der Waals surface area contributed by atoms with Gasteiger partial charge in [0, 0.05) is 28.9 Å². The van der Waals surface area contributed by atoms with Crippen molar-refractivity contribution in [2.75, 3.05) is 11.8 Å². The van der Waals surface area contributed by atoms with Crippen LogP contribution < -0.4 is 5.30 Å². The summed E-state index contributed by atoms with van der Waals surface area (Å²) in [4.78, 5) is 0. The fraction of sp³-hybridized carbons (Fsp3) is 0.625. The van der Waals surface area contributed by atoms with Crippen LogP contribution in [0.25, 0.3) is 0 Å². The van der Waals surface area contributed by atoms with Crippen LogP contribution in [0.4, 0.5) is 0 Å². The Kier molecular flexibility index (Phi) is 7.03. The van der Waals surface area contributed by atoms with Gasteiger partial charge >= 0.3 is 0 Å². The first kappa shape index (κ1) is 21.0. The van der Waals surface area contributed by atoms with Gasteiger partial charge in [-0.1, -0.05) is 18.2 Å². The molecule has 0 radical (unpaired) electrons. The highest BCUT2D eigenvalue weighted by Crippen LogP contribution is 2.60. The summed E-state index contributed by atoms with van der Waals surface area (Å²) < 4.78 is 10.9. The molecule has 0 spiro atoms. The van der Waals surface area contributed by atoms with Gasteiger partial charge in [-0.05, 0) is 25.0 Å². The van der Waals surface area contributed by atoms with Crippen molar-refractivity contribution in [1.29, 1.82) is 0 Å². The van der Waals surface area contributed by atoms with Gasteiger partial charge < -0.3 is 9.05 Å². The Labute approximate surface area is 179 Å². The molecule has 2 fully saturated rings. The third-order valence-corrected chi connectivity index (χ3v) is 8.37. The Morgan fingerprint density at radius 2 is 1.28 bits per heavy atom. The molecule has 2 nitrogen and oxygen atoms in total. The zero-order chi connectivity index (χ0) is 18.2. The van der Waals surface area contributed by atoms with Gasteiger partial charge in [-0.3, -0.25) is 0 Å². The van der Waals surface area contributed by atoms with Crippen LogP contribution in [-0.2, 0) is 9.05 Å². The van der Waals surface area contributed by atoms with Crippen LogP contribution in [0.5, 0.6) is 0 Å². The summed E-state index contributed by atoms with van der Waals surface area (Å²) in [5, 5.41) is 0.925. The van der Waals surface area contributed by atoms with Crippen molar-refractivity contribution >= 4 is 83.3 Å². The van der Waals surface area contributed by atoms with E-state index < -0.39 is 17.0 Å². The number of halogens is 6. The minimum atomic E-state index is -1.42. The number of hydrogen-bond acceptors (Lipinski definition) is 2. The van der Waals surface area contributed by atoms with Gasteiger partial charge in [0.15, 0.2) is 0 Å². The molecule has 0 heterocycles. The van der Waals surface area contributed by atoms with Crippen LogP contribution in [0.15, 0.2) is 30.3 Å². The van der Waals surface area contributed by atoms with E-state index in [9.17, 15) is 0 Å². The maximum atomic E-state index is 6.22. The minimum Gasteiger partial charge on any atom is -0.326 e. The van der Waals surface area contributed by atoms with Crippen molar-refractivity contribution in [3.8, 4) is 0 Å². The summed E-state index contributed by atoms with van der Waals surface area (Å²) in [6.45, 7) is 0. The van der Waals surface area contributed by atoms with Gasteiger partial charge in [-0.2, -0.15) is 0 Å². The normalized spacial score (nSPS) is 29.7. The van der Waals surface area contributed by atoms with Crippen molar-refractivity contribution in [2.45, 2.75) is 33.7 Å². The Balaban J connectivity index is 1.73. The summed E-state index contributed by atoms with van der Waals surface area (Å²) in [5.41, 5.74) is 0. The topological polar surface area (TPSA) is 18.5 Å². The van der Waals surface area contributed by atoms with E-state index in [1.807, 2.05) is 30.3 Å². The van der Waals surface area contributed by atoms with Crippen molar-refractivity contribution in [2.24, 2.45) is 11.8 Å². The molecule has 4 atom stereocenters. The maximum Gasteiger partial charge on any atom is 0.205 e. The van der Waals surface area contributed by atoms with E-state index in [2.05, 4.69) is 0 Å². The van der Waals surface area contributed by atoms with Gasteiger partial charge in [0.25, 0.3) is 0 Å². The molecule has 25 heavy (non-hydrogen) atoms. The fourth-order valence-electron chi connectivity index (χ4n) is 2.64. The Morgan fingerprint density at radius 3 is 1.60 bits per heavy atom. The van der Waals surface area contributed by atoms with Crippen molar-refractivity contribution in [1.82, 2.24) is 0 Å². The standard InChI is InChI=1S/C16H17Cl6O2P/c17-8-13(11-6-15(11,19)20)23-25(10-4-2-1-3-5-10)24-14(9-18)12-7-16(12,21)22/h1-5,11-14H,6-9H2. The molecule has 0 aromatic heterocycles. The third kappa shape index (κ3) is 5.22. The predicted octanol–water partition coefficient (Wildman–Crippen LogP) is 6.26. The van der Waals surface area contributed by atoms with Gasteiger partial charge in [0.2, 0.25) is 8.38 Å². The van der Waals surface area contributed by atoms with Gasteiger partial charge in [-0.15, -0.1) is 69.6 Å². The largest absolute Gasteiger partial charge is 0.326 e. The van der Waals surface area contributed by atoms with Crippen LogP contribution in [0.3, 0.4) is 0 Å². The molecule has 4 unspecified atom stereocenters. The van der Waals surface area contributed by atoms with Crippen LogP contribution >= 0.6 is 78.0 Å². The summed E-state index contributed by atoms with van der Waals surface area (Å²) >= 11 is 36.9. The van der Waals surface area contributed by atoms with E-state index in [0.717, 1.165) is 5.30 Å². The first-order valence-electron chi connectivity index (χ1n) is 7.85. The first-order chi connectivity index (χ1) is 11.8. The molecule has 0 aliphatic heterocycles. The quantitative estimate of drug-likeness (QED) is 0.304. The summed E-state index contributed by atoms with van der Waals surface area (Å²) in [7, 11) is -1.42. The molecular formula is C16H17Cl6O2P. The lowest BCUT2D eigenvalue weighted by atomic mass is 10.3. The van der Waals surface area contributed by atoms with Gasteiger partial charge in [-0.25, -0.2) is 0 Å². The van der Waals surface area contributed by atoms with Crippen molar-refractivity contribution in [3.05, 3.63) is 30.3 Å². The number of benzene rings is 1. The molecule has 2 aliphatic carbocycles. The second-order valence-electron chi connectivity index (χ2n) is 6.33. The molecule has 2 saturated carbocycles. The lowest BCUT2D eigenvalue weighted by molar-refractivity contribution is 0.145. The smallest absolute Gasteiger partial charge is 0.205 e. The average Bonchev–Trinajstić information content (AvgIpc) is 3.43. The highest BCUT2D eigenvalue weighted by atomic mass is 35.5. The summed E-state index contributed by atoms with van der Waals surface area (Å²) in [6.07, 6.45) is 0.712. The zero-order valence-electron chi connectivity index (χ0n) is 13.1. The molecule has 0 saturated heterocycles. The molecule has 1 aromatic carbocycles. The van der Waals surface area contributed by atoms with E-state index in [1.54, 1.807) is 0 Å². The number of hydrogen-bond donors (Lipinski definition) is 0. The molecular weight excluding hydrogens is 468 g/mol. The fourth-order valence-corrected chi connectivity index (χ4v) is 6.24. The lowest BCUT2D eigenvalue weighted by Gasteiger charge is -2.27. The molecule has 0 bridgehead atoms. The van der Waals surface area contributed by atoms with Crippen LogP contribution in [-0.4, -0.2) is 32.6 Å². The molecule has 3 rings (SSSR count). The van der Waals surface area contributed by atoms with Gasteiger partial charge in [0.05, 0.1) is 12.2 Å². The summed E-state index contributed by atoms with van der Waals surface area (Å²) in [5.74, 6) is 0.539. The molecule has 0 amide bonds. The first-order valence-corrected chi connectivity index (χ1v) is 11.6. The van der Waals surface area contributed by atoms with E-state index in [-0.39, 0.29) is 35.8 Å². The molecule has 140 valence electrons. The lowest BCUT2D eigenvalue weighted by Crippen LogP contribution is -2.25. The van der Waals surface area contributed by atoms with Gasteiger partial charge in [0.1, 0.15) is 8.67 Å². The van der Waals surface area contributed by atoms with E-state index >= 15 is 0 Å². The van der Waals surface area contributed by atoms with E-state index in [1.165, 1.54) is 0 Å². The summed E-state index contributed by atoms with van der Waals surface area (Å²) in [6, 6.07) is 9.69. The number of rotatable bonds is 9. The molecule has 9 heteroatoms. The SMILES string of the molecule is ClCC(OP(OC(CCl)C1CC1(Cl)Cl)c1ccccc1)C1CC1(Cl)Cl. The van der Waals surface area contributed by atoms with Crippen LogP contribution in [0, 0.1) is 11.8 Å². The van der Waals surface area contributed by atoms with Crippen LogP contribution in [0.1, 0.15) is 12.8 Å². The molecule has 1 aromatic rings. The minimum absolute atomic E-state index is 0.0128. The monoisotopic (exact) mass is 482 g/mol. The molecule has 0 N–H and O–H groups in total. The Hall–Kier alpha value is 1.31. The van der Waals surface area contributed by atoms with Crippen molar-refractivity contribution < 1.29 is 9.05 Å². The van der Waals surface area contributed by atoms with Crippen molar-refractivity contribution in [3.63, 3.8) is 0 Å². The third-order valence-electron chi connectivity index (χ3n) is 4.38. The highest BCUT2D eigenvalue weighted by molar-refractivity contribution is 7.56. The van der Waals surface area contributed by atoms with Crippen LogP contribution in [0.2, 0.25) is 0 Å². The van der Waals surface area contributed by atoms with E-state index in [4.69, 9.17) is 78.7 Å². The second kappa shape index (κ2) is 8.36. The second-order valence-corrected chi connectivity index (χ2v) is 11.5.